The Morgan fingerprint density at radius 1 is 1.41 bits per heavy atom. The Balaban J connectivity index is 2.30. The lowest BCUT2D eigenvalue weighted by Crippen LogP contribution is -2.46. The Morgan fingerprint density at radius 2 is 2.12 bits per heavy atom. The predicted molar refractivity (Wildman–Crippen MR) is 69.5 cm³/mol. The van der Waals surface area contributed by atoms with Crippen LogP contribution in [0.1, 0.15) is 59.3 Å². The van der Waals surface area contributed by atoms with Gasteiger partial charge in [-0.15, -0.1) is 0 Å². The molecule has 0 aromatic rings. The molecule has 2 fully saturated rings. The van der Waals surface area contributed by atoms with Crippen LogP contribution in [0.4, 0.5) is 0 Å². The number of rotatable bonds is 2. The second-order valence-electron chi connectivity index (χ2n) is 6.52. The van der Waals surface area contributed by atoms with E-state index < -0.39 is 0 Å². The Kier molecular flexibility index (Phi) is 3.25. The molecule has 0 amide bonds. The molecule has 0 bridgehead atoms. The van der Waals surface area contributed by atoms with Gasteiger partial charge < -0.3 is 9.95 Å². The van der Waals surface area contributed by atoms with E-state index in [2.05, 4.69) is 25.6 Å². The molecule has 2 rings (SSSR count). The van der Waals surface area contributed by atoms with Gasteiger partial charge in [-0.25, -0.2) is 6.57 Å². The van der Waals surface area contributed by atoms with Gasteiger partial charge in [-0.3, -0.25) is 0 Å². The van der Waals surface area contributed by atoms with E-state index in [1.165, 1.54) is 6.42 Å². The first-order valence-corrected chi connectivity index (χ1v) is 7.04. The van der Waals surface area contributed by atoms with Gasteiger partial charge in [0.2, 0.25) is 5.54 Å². The summed E-state index contributed by atoms with van der Waals surface area (Å²) in [5.74, 6) is 0.909. The van der Waals surface area contributed by atoms with Crippen LogP contribution < -0.4 is 0 Å². The van der Waals surface area contributed by atoms with Crippen LogP contribution >= 0.6 is 0 Å². The van der Waals surface area contributed by atoms with Crippen molar-refractivity contribution < 1.29 is 5.11 Å². The lowest BCUT2D eigenvalue weighted by molar-refractivity contribution is -0.0273. The van der Waals surface area contributed by atoms with Crippen LogP contribution in [0.25, 0.3) is 4.85 Å². The summed E-state index contributed by atoms with van der Waals surface area (Å²) in [4.78, 5) is 3.95. The molecular formula is C15H25NO. The average molecular weight is 235 g/mol. The number of hydrogen-bond donors (Lipinski definition) is 1. The summed E-state index contributed by atoms with van der Waals surface area (Å²) in [7, 11) is 0. The predicted octanol–water partition coefficient (Wildman–Crippen LogP) is 3.65. The van der Waals surface area contributed by atoms with Gasteiger partial charge >= 0.3 is 0 Å². The molecule has 2 heteroatoms. The van der Waals surface area contributed by atoms with E-state index in [0.29, 0.717) is 11.8 Å². The molecule has 5 atom stereocenters. The summed E-state index contributed by atoms with van der Waals surface area (Å²) in [5.41, 5.74) is -0.0203. The van der Waals surface area contributed by atoms with Gasteiger partial charge in [0.05, 0.1) is 6.10 Å². The molecule has 2 saturated carbocycles. The third kappa shape index (κ3) is 1.80. The minimum Gasteiger partial charge on any atom is -0.393 e. The van der Waals surface area contributed by atoms with Crippen molar-refractivity contribution >= 4 is 0 Å². The molecule has 2 unspecified atom stereocenters. The summed E-state index contributed by atoms with van der Waals surface area (Å²) >= 11 is 0. The van der Waals surface area contributed by atoms with Crippen LogP contribution in [0.2, 0.25) is 0 Å². The average Bonchev–Trinajstić information content (AvgIpc) is 2.67. The van der Waals surface area contributed by atoms with E-state index in [4.69, 9.17) is 6.57 Å². The molecule has 0 aromatic carbocycles. The van der Waals surface area contributed by atoms with Gasteiger partial charge in [-0.05, 0) is 37.0 Å². The monoisotopic (exact) mass is 235 g/mol. The van der Waals surface area contributed by atoms with E-state index in [0.717, 1.165) is 32.1 Å². The van der Waals surface area contributed by atoms with Crippen molar-refractivity contribution in [1.82, 2.24) is 0 Å². The molecule has 0 saturated heterocycles. The first kappa shape index (κ1) is 12.9. The van der Waals surface area contributed by atoms with Crippen molar-refractivity contribution in [2.45, 2.75) is 70.9 Å². The number of fused-ring (bicyclic) bond motifs is 1. The van der Waals surface area contributed by atoms with Crippen molar-refractivity contribution in [2.24, 2.45) is 17.3 Å². The second-order valence-corrected chi connectivity index (χ2v) is 6.52. The van der Waals surface area contributed by atoms with Gasteiger partial charge in [0.25, 0.3) is 0 Å². The van der Waals surface area contributed by atoms with E-state index in [1.807, 2.05) is 0 Å². The highest BCUT2D eigenvalue weighted by Gasteiger charge is 2.59. The normalized spacial score (nSPS) is 44.8. The van der Waals surface area contributed by atoms with Crippen molar-refractivity contribution in [2.75, 3.05) is 0 Å². The number of hydrogen-bond acceptors (Lipinski definition) is 1. The SMILES string of the molecule is [C-]#[N+][C@@](C)(CC)C1CCC2[C@@H](O)CCC[C@@]21C. The van der Waals surface area contributed by atoms with Crippen LogP contribution in [-0.4, -0.2) is 16.7 Å². The molecule has 0 radical (unpaired) electrons. The minimum atomic E-state index is -0.222. The quantitative estimate of drug-likeness (QED) is 0.726. The molecular weight excluding hydrogens is 210 g/mol. The molecule has 1 N–H and O–H groups in total. The highest BCUT2D eigenvalue weighted by atomic mass is 16.3. The molecule has 2 aliphatic carbocycles. The Bertz CT molecular complexity index is 334. The lowest BCUT2D eigenvalue weighted by Gasteiger charge is -2.45. The summed E-state index contributed by atoms with van der Waals surface area (Å²) in [6.07, 6.45) is 6.35. The van der Waals surface area contributed by atoms with Crippen LogP contribution in [0.5, 0.6) is 0 Å². The van der Waals surface area contributed by atoms with Crippen LogP contribution in [0, 0.1) is 23.8 Å². The molecule has 96 valence electrons. The van der Waals surface area contributed by atoms with Gasteiger partial charge in [0, 0.05) is 19.3 Å². The van der Waals surface area contributed by atoms with Crippen LogP contribution in [-0.2, 0) is 0 Å². The Hall–Kier alpha value is -0.550. The molecule has 17 heavy (non-hydrogen) atoms. The number of aliphatic hydroxyl groups is 1. The van der Waals surface area contributed by atoms with E-state index in [-0.39, 0.29) is 17.1 Å². The molecule has 0 spiro atoms. The van der Waals surface area contributed by atoms with Crippen LogP contribution in [0.3, 0.4) is 0 Å². The topological polar surface area (TPSA) is 24.6 Å². The highest BCUT2D eigenvalue weighted by molar-refractivity contribution is 5.11. The van der Waals surface area contributed by atoms with Gasteiger partial charge in [0.1, 0.15) is 0 Å². The summed E-state index contributed by atoms with van der Waals surface area (Å²) < 4.78 is 0. The minimum absolute atomic E-state index is 0.120. The third-order valence-electron chi connectivity index (χ3n) is 5.81. The van der Waals surface area contributed by atoms with Gasteiger partial charge in [-0.2, -0.15) is 0 Å². The molecule has 0 heterocycles. The highest BCUT2D eigenvalue weighted by Crippen LogP contribution is 2.59. The van der Waals surface area contributed by atoms with E-state index in [9.17, 15) is 5.11 Å². The van der Waals surface area contributed by atoms with Gasteiger partial charge in [-0.1, -0.05) is 20.3 Å². The van der Waals surface area contributed by atoms with Crippen molar-refractivity contribution in [3.05, 3.63) is 11.4 Å². The zero-order valence-corrected chi connectivity index (χ0v) is 11.4. The summed E-state index contributed by atoms with van der Waals surface area (Å²) in [5, 5.41) is 10.2. The third-order valence-corrected chi connectivity index (χ3v) is 5.81. The second kappa shape index (κ2) is 4.28. The Labute approximate surface area is 105 Å². The molecule has 2 aliphatic rings. The maximum atomic E-state index is 10.2. The van der Waals surface area contributed by atoms with E-state index >= 15 is 0 Å². The summed E-state index contributed by atoms with van der Waals surface area (Å²) in [6, 6.07) is 0. The summed E-state index contributed by atoms with van der Waals surface area (Å²) in [6.45, 7) is 14.1. The van der Waals surface area contributed by atoms with Crippen molar-refractivity contribution in [3.63, 3.8) is 0 Å². The zero-order valence-electron chi connectivity index (χ0n) is 11.4. The maximum absolute atomic E-state index is 10.2. The zero-order chi connectivity index (χ0) is 12.7. The standard InChI is InChI=1S/C15H25NO/c1-5-15(3,16-4)13-9-8-11-12(17)7-6-10-14(11,13)2/h11-13,17H,5-10H2,1-3H3/t11?,12-,13?,14-,15-/m0/s1. The molecule has 2 nitrogen and oxygen atoms in total. The van der Waals surface area contributed by atoms with Crippen molar-refractivity contribution in [1.29, 1.82) is 0 Å². The maximum Gasteiger partial charge on any atom is 0.232 e. The largest absolute Gasteiger partial charge is 0.393 e. The van der Waals surface area contributed by atoms with E-state index in [1.54, 1.807) is 0 Å². The Morgan fingerprint density at radius 3 is 2.71 bits per heavy atom. The molecule has 0 aliphatic heterocycles. The number of aliphatic hydroxyl groups excluding tert-OH is 1. The van der Waals surface area contributed by atoms with Crippen LogP contribution in [0.15, 0.2) is 0 Å². The first-order valence-electron chi connectivity index (χ1n) is 7.04. The van der Waals surface area contributed by atoms with Gasteiger partial charge in [0.15, 0.2) is 0 Å². The lowest BCUT2D eigenvalue weighted by atomic mass is 9.60. The molecule has 0 aromatic heterocycles. The smallest absolute Gasteiger partial charge is 0.232 e. The first-order chi connectivity index (χ1) is 7.98. The number of nitrogens with zero attached hydrogens (tertiary/aromatic N) is 1. The fourth-order valence-electron chi connectivity index (χ4n) is 4.57. The fraction of sp³-hybridized carbons (Fsp3) is 0.933. The van der Waals surface area contributed by atoms with Crippen molar-refractivity contribution in [3.8, 4) is 0 Å². The fourth-order valence-corrected chi connectivity index (χ4v) is 4.57.